The summed E-state index contributed by atoms with van der Waals surface area (Å²) in [7, 11) is 0. The molecule has 0 radical (unpaired) electrons. The van der Waals surface area contributed by atoms with Crippen LogP contribution in [0.4, 0.5) is 17.1 Å². The average molecular weight is 714 g/mol. The van der Waals surface area contributed by atoms with Crippen molar-refractivity contribution in [3.8, 4) is 44.5 Å². The third-order valence-electron chi connectivity index (χ3n) is 11.4. The minimum Gasteiger partial charge on any atom is -0.310 e. The Morgan fingerprint density at radius 3 is 1.20 bits per heavy atom. The molecule has 10 rings (SSSR count). The maximum Gasteiger partial charge on any atom is 0.0713 e. The molecule has 9 aromatic rings. The van der Waals surface area contributed by atoms with Crippen molar-refractivity contribution in [3.05, 3.63) is 259 Å². The lowest BCUT2D eigenvalue weighted by atomic mass is 9.68. The van der Waals surface area contributed by atoms with Crippen LogP contribution < -0.4 is 4.90 Å². The molecule has 264 valence electrons. The second kappa shape index (κ2) is 14.2. The predicted molar refractivity (Wildman–Crippen MR) is 235 cm³/mol. The molecule has 0 unspecified atom stereocenters. The van der Waals surface area contributed by atoms with E-state index in [4.69, 9.17) is 0 Å². The van der Waals surface area contributed by atoms with Crippen LogP contribution in [0.3, 0.4) is 0 Å². The van der Waals surface area contributed by atoms with E-state index >= 15 is 0 Å². The van der Waals surface area contributed by atoms with E-state index in [0.29, 0.717) is 0 Å². The van der Waals surface area contributed by atoms with Crippen LogP contribution in [-0.4, -0.2) is 0 Å². The monoisotopic (exact) mass is 713 g/mol. The van der Waals surface area contributed by atoms with E-state index < -0.39 is 5.41 Å². The summed E-state index contributed by atoms with van der Waals surface area (Å²) in [6, 6.07) is 86.1. The fourth-order valence-corrected chi connectivity index (χ4v) is 8.79. The Morgan fingerprint density at radius 1 is 0.250 bits per heavy atom. The average Bonchev–Trinajstić information content (AvgIpc) is 3.59. The van der Waals surface area contributed by atoms with E-state index in [0.717, 1.165) is 17.1 Å². The van der Waals surface area contributed by atoms with E-state index in [-0.39, 0.29) is 0 Å². The summed E-state index contributed by atoms with van der Waals surface area (Å²) in [5, 5.41) is 0. The van der Waals surface area contributed by atoms with Crippen molar-refractivity contribution in [2.75, 3.05) is 4.90 Å². The van der Waals surface area contributed by atoms with Gasteiger partial charge in [-0.1, -0.05) is 194 Å². The van der Waals surface area contributed by atoms with E-state index in [1.165, 1.54) is 66.8 Å². The molecule has 0 fully saturated rings. The number of fused-ring (bicyclic) bond motifs is 3. The minimum absolute atomic E-state index is 0.443. The Balaban J connectivity index is 1.10. The zero-order valence-corrected chi connectivity index (χ0v) is 31.0. The summed E-state index contributed by atoms with van der Waals surface area (Å²) < 4.78 is 0. The Hall–Kier alpha value is -7.22. The highest BCUT2D eigenvalue weighted by atomic mass is 15.1. The number of anilines is 3. The van der Waals surface area contributed by atoms with Crippen LogP contribution >= 0.6 is 0 Å². The van der Waals surface area contributed by atoms with E-state index in [2.05, 4.69) is 241 Å². The molecule has 1 nitrogen and oxygen atoms in total. The first kappa shape index (κ1) is 33.4. The second-order valence-corrected chi connectivity index (χ2v) is 14.5. The first-order valence-electron chi connectivity index (χ1n) is 19.3. The van der Waals surface area contributed by atoms with Crippen molar-refractivity contribution in [2.24, 2.45) is 0 Å². The molecule has 0 amide bonds. The lowest BCUT2D eigenvalue weighted by Gasteiger charge is -2.34. The molecule has 0 atom stereocenters. The summed E-state index contributed by atoms with van der Waals surface area (Å²) in [5.41, 5.74) is 17.8. The molecule has 0 N–H and O–H groups in total. The number of nitrogens with zero attached hydrogens (tertiary/aromatic N) is 1. The maximum atomic E-state index is 2.38. The van der Waals surface area contributed by atoms with Crippen molar-refractivity contribution in [1.82, 2.24) is 0 Å². The number of rotatable bonds is 8. The van der Waals surface area contributed by atoms with Gasteiger partial charge in [0.25, 0.3) is 0 Å². The Morgan fingerprint density at radius 2 is 0.643 bits per heavy atom. The lowest BCUT2D eigenvalue weighted by molar-refractivity contribution is 0.768. The zero-order valence-electron chi connectivity index (χ0n) is 31.0. The maximum absolute atomic E-state index is 2.38. The van der Waals surface area contributed by atoms with Gasteiger partial charge in [0, 0.05) is 17.1 Å². The van der Waals surface area contributed by atoms with Gasteiger partial charge in [-0.2, -0.15) is 0 Å². The van der Waals surface area contributed by atoms with Crippen LogP contribution in [0.2, 0.25) is 0 Å². The van der Waals surface area contributed by atoms with Crippen LogP contribution in [-0.2, 0) is 5.41 Å². The van der Waals surface area contributed by atoms with Gasteiger partial charge in [-0.3, -0.25) is 0 Å². The molecule has 56 heavy (non-hydrogen) atoms. The first-order valence-corrected chi connectivity index (χ1v) is 19.3. The highest BCUT2D eigenvalue weighted by Gasteiger charge is 2.45. The third kappa shape index (κ3) is 5.73. The largest absolute Gasteiger partial charge is 0.310 e. The molecule has 1 aliphatic rings. The fourth-order valence-electron chi connectivity index (χ4n) is 8.79. The van der Waals surface area contributed by atoms with Gasteiger partial charge in [0.05, 0.1) is 5.41 Å². The number of benzene rings is 9. The summed E-state index contributed by atoms with van der Waals surface area (Å²) >= 11 is 0. The Bertz CT molecular complexity index is 2720. The van der Waals surface area contributed by atoms with Crippen LogP contribution in [0, 0.1) is 0 Å². The van der Waals surface area contributed by atoms with Crippen LogP contribution in [0.1, 0.15) is 22.3 Å². The van der Waals surface area contributed by atoms with Gasteiger partial charge in [0.1, 0.15) is 0 Å². The zero-order chi connectivity index (χ0) is 37.3. The van der Waals surface area contributed by atoms with Gasteiger partial charge in [0.2, 0.25) is 0 Å². The highest BCUT2D eigenvalue weighted by Crippen LogP contribution is 2.56. The van der Waals surface area contributed by atoms with E-state index in [1.807, 2.05) is 0 Å². The molecular formula is C55H39N. The predicted octanol–water partition coefficient (Wildman–Crippen LogP) is 14.5. The summed E-state index contributed by atoms with van der Waals surface area (Å²) in [4.78, 5) is 2.38. The fraction of sp³-hybridized carbons (Fsp3) is 0.0182. The van der Waals surface area contributed by atoms with Crippen LogP contribution in [0.25, 0.3) is 44.5 Å². The molecular weight excluding hydrogens is 675 g/mol. The van der Waals surface area contributed by atoms with Gasteiger partial charge in [-0.25, -0.2) is 0 Å². The van der Waals surface area contributed by atoms with E-state index in [1.54, 1.807) is 0 Å². The van der Waals surface area contributed by atoms with Crippen molar-refractivity contribution < 1.29 is 0 Å². The minimum atomic E-state index is -0.443. The van der Waals surface area contributed by atoms with Crippen molar-refractivity contribution in [3.63, 3.8) is 0 Å². The van der Waals surface area contributed by atoms with Crippen molar-refractivity contribution >= 4 is 17.1 Å². The Kier molecular flexibility index (Phi) is 8.46. The summed E-state index contributed by atoms with van der Waals surface area (Å²) in [6.07, 6.45) is 0. The molecule has 1 aliphatic carbocycles. The molecule has 1 heteroatoms. The van der Waals surface area contributed by atoms with Crippen LogP contribution in [0.5, 0.6) is 0 Å². The molecule has 0 aliphatic heterocycles. The van der Waals surface area contributed by atoms with Crippen molar-refractivity contribution in [2.45, 2.75) is 5.41 Å². The number of hydrogen-bond acceptors (Lipinski definition) is 1. The lowest BCUT2D eigenvalue weighted by Crippen LogP contribution is -2.28. The second-order valence-electron chi connectivity index (χ2n) is 14.5. The molecule has 9 aromatic carbocycles. The molecule has 0 bridgehead atoms. The number of hydrogen-bond donors (Lipinski definition) is 0. The van der Waals surface area contributed by atoms with Crippen LogP contribution in [0.15, 0.2) is 237 Å². The molecule has 0 saturated heterocycles. The summed E-state index contributed by atoms with van der Waals surface area (Å²) in [5.74, 6) is 0. The topological polar surface area (TPSA) is 3.24 Å². The molecule has 0 spiro atoms. The molecule has 0 heterocycles. The van der Waals surface area contributed by atoms with E-state index in [9.17, 15) is 0 Å². The standard InChI is InChI=1S/C55H39N/c1-4-16-40(17-5-1)43-20-14-21-44(38-43)42-30-34-48(35-31-42)56(50-25-15-22-45(39-50)41-18-6-2-7-19-41)49-36-32-47(33-37-49)55(46-23-8-3-9-24-46)53-28-12-10-26-51(53)52-27-11-13-29-54(52)55/h1-39H. The highest BCUT2D eigenvalue weighted by molar-refractivity contribution is 5.87. The van der Waals surface area contributed by atoms with Gasteiger partial charge in [-0.15, -0.1) is 0 Å². The summed E-state index contributed by atoms with van der Waals surface area (Å²) in [6.45, 7) is 0. The Labute approximate surface area is 329 Å². The first-order chi connectivity index (χ1) is 27.8. The van der Waals surface area contributed by atoms with Crippen molar-refractivity contribution in [1.29, 1.82) is 0 Å². The van der Waals surface area contributed by atoms with Gasteiger partial charge >= 0.3 is 0 Å². The quantitative estimate of drug-likeness (QED) is 0.152. The smallest absolute Gasteiger partial charge is 0.0713 e. The third-order valence-corrected chi connectivity index (χ3v) is 11.4. The molecule has 0 saturated carbocycles. The van der Waals surface area contributed by atoms with Gasteiger partial charge in [-0.05, 0) is 109 Å². The normalized spacial score (nSPS) is 12.4. The molecule has 0 aromatic heterocycles. The van der Waals surface area contributed by atoms with Gasteiger partial charge < -0.3 is 4.90 Å². The van der Waals surface area contributed by atoms with Gasteiger partial charge in [0.15, 0.2) is 0 Å². The SMILES string of the molecule is c1ccc(-c2cccc(-c3ccc(N(c4ccc(C5(c6ccccc6)c6ccccc6-c6ccccc65)cc4)c4cccc(-c5ccccc5)c4)cc3)c2)cc1.